The Hall–Kier alpha value is -1.42. The second kappa shape index (κ2) is 2.28. The first-order valence-corrected chi connectivity index (χ1v) is 3.65. The molecule has 1 N–H and O–H groups in total. The van der Waals surface area contributed by atoms with Gasteiger partial charge in [0.1, 0.15) is 0 Å². The number of hydrogen-bond acceptors (Lipinski definition) is 3. The minimum absolute atomic E-state index is 0.198. The maximum Gasteiger partial charge on any atom is 0.281 e. The molecular weight excluding hydrogens is 158 g/mol. The lowest BCUT2D eigenvalue weighted by molar-refractivity contribution is -0.171. The zero-order valence-corrected chi connectivity index (χ0v) is 6.23. The van der Waals surface area contributed by atoms with Crippen LogP contribution in [-0.4, -0.2) is 22.1 Å². The summed E-state index contributed by atoms with van der Waals surface area (Å²) in [4.78, 5) is 22.2. The van der Waals surface area contributed by atoms with Crippen LogP contribution in [-0.2, 0) is 9.59 Å². The maximum atomic E-state index is 11.1. The van der Waals surface area contributed by atoms with Crippen LogP contribution in [0.5, 0.6) is 0 Å². The molecule has 0 saturated carbocycles. The van der Waals surface area contributed by atoms with Crippen molar-refractivity contribution in [1.29, 1.82) is 0 Å². The predicted octanol–water partition coefficient (Wildman–Crippen LogP) is 0.247. The van der Waals surface area contributed by atoms with Gasteiger partial charge < -0.3 is 0 Å². The molecule has 2 rings (SSSR count). The Morgan fingerprint density at radius 1 is 1.50 bits per heavy atom. The topological polar surface area (TPSA) is 57.6 Å². The van der Waals surface area contributed by atoms with E-state index < -0.39 is 17.7 Å². The Kier molecular flexibility index (Phi) is 1.38. The van der Waals surface area contributed by atoms with Crippen LogP contribution in [0.3, 0.4) is 0 Å². The molecular formula is C8H7NO3. The highest BCUT2D eigenvalue weighted by atomic mass is 16.5. The van der Waals surface area contributed by atoms with Gasteiger partial charge >= 0.3 is 0 Å². The van der Waals surface area contributed by atoms with E-state index in [9.17, 15) is 9.59 Å². The van der Waals surface area contributed by atoms with Gasteiger partial charge in [0, 0.05) is 5.57 Å². The van der Waals surface area contributed by atoms with Crippen molar-refractivity contribution < 1.29 is 14.8 Å². The molecule has 12 heavy (non-hydrogen) atoms. The number of imide groups is 1. The number of allylic oxidation sites excluding steroid dienone is 3. The quantitative estimate of drug-likeness (QED) is 0.413. The molecule has 1 aliphatic heterocycles. The van der Waals surface area contributed by atoms with Crippen LogP contribution in [0, 0.1) is 5.92 Å². The van der Waals surface area contributed by atoms with Gasteiger partial charge in [0.25, 0.3) is 11.8 Å². The summed E-state index contributed by atoms with van der Waals surface area (Å²) in [7, 11) is 0. The molecule has 0 aromatic carbocycles. The number of carbonyl (C=O) groups excluding carboxylic acids is 2. The van der Waals surface area contributed by atoms with E-state index in [0.29, 0.717) is 12.0 Å². The highest BCUT2D eigenvalue weighted by Gasteiger charge is 2.42. The smallest absolute Gasteiger partial charge is 0.278 e. The molecule has 2 aliphatic rings. The van der Waals surface area contributed by atoms with Gasteiger partial charge in [0.2, 0.25) is 0 Å². The summed E-state index contributed by atoms with van der Waals surface area (Å²) < 4.78 is 0. The first kappa shape index (κ1) is 7.24. The Morgan fingerprint density at radius 3 is 2.92 bits per heavy atom. The van der Waals surface area contributed by atoms with Crippen LogP contribution in [0.1, 0.15) is 6.42 Å². The molecule has 1 atom stereocenters. The fourth-order valence-corrected chi connectivity index (χ4v) is 1.45. The lowest BCUT2D eigenvalue weighted by atomic mass is 9.94. The molecule has 1 unspecified atom stereocenters. The lowest BCUT2D eigenvalue weighted by Gasteiger charge is -2.06. The van der Waals surface area contributed by atoms with Crippen LogP contribution in [0.2, 0.25) is 0 Å². The number of fused-ring (bicyclic) bond motifs is 1. The first-order chi connectivity index (χ1) is 5.72. The Labute approximate surface area is 68.7 Å². The van der Waals surface area contributed by atoms with Gasteiger partial charge in [0.05, 0.1) is 5.92 Å². The third-order valence-electron chi connectivity index (χ3n) is 2.11. The highest BCUT2D eigenvalue weighted by molar-refractivity contribution is 6.14. The molecule has 1 fully saturated rings. The summed E-state index contributed by atoms with van der Waals surface area (Å²) in [6.45, 7) is 0. The van der Waals surface area contributed by atoms with E-state index in [-0.39, 0.29) is 5.06 Å². The van der Waals surface area contributed by atoms with E-state index in [0.717, 1.165) is 0 Å². The number of hydrogen-bond donors (Lipinski definition) is 1. The van der Waals surface area contributed by atoms with Gasteiger partial charge in [-0.2, -0.15) is 5.06 Å². The Morgan fingerprint density at radius 2 is 2.25 bits per heavy atom. The largest absolute Gasteiger partial charge is 0.281 e. The standard InChI is InChI=1S/C8H7NO3/c10-7-5-3-1-2-4-6(5)8(11)9(7)12/h1-3,6,12H,4H2. The maximum absolute atomic E-state index is 11.1. The van der Waals surface area contributed by atoms with E-state index in [2.05, 4.69) is 0 Å². The highest BCUT2D eigenvalue weighted by Crippen LogP contribution is 2.29. The van der Waals surface area contributed by atoms with Gasteiger partial charge in [-0.1, -0.05) is 18.2 Å². The van der Waals surface area contributed by atoms with Gasteiger partial charge in [-0.3, -0.25) is 14.8 Å². The zero-order chi connectivity index (χ0) is 8.72. The number of nitrogens with zero attached hydrogens (tertiary/aromatic N) is 1. The molecule has 1 heterocycles. The SMILES string of the molecule is O=C1C2=CC=CCC2C(=O)N1O. The van der Waals surface area contributed by atoms with Crippen molar-refractivity contribution in [2.75, 3.05) is 0 Å². The van der Waals surface area contributed by atoms with Crippen molar-refractivity contribution in [2.24, 2.45) is 5.92 Å². The van der Waals surface area contributed by atoms with Gasteiger partial charge in [-0.05, 0) is 6.42 Å². The number of amides is 2. The molecule has 0 bridgehead atoms. The number of hydroxylamine groups is 2. The van der Waals surface area contributed by atoms with Gasteiger partial charge in [-0.25, -0.2) is 0 Å². The minimum Gasteiger partial charge on any atom is -0.278 e. The van der Waals surface area contributed by atoms with Crippen molar-refractivity contribution in [2.45, 2.75) is 6.42 Å². The average molecular weight is 165 g/mol. The third-order valence-corrected chi connectivity index (χ3v) is 2.11. The third kappa shape index (κ3) is 0.753. The number of carbonyl (C=O) groups is 2. The summed E-state index contributed by atoms with van der Waals surface area (Å²) in [5.41, 5.74) is 0.394. The van der Waals surface area contributed by atoms with Crippen LogP contribution in [0.15, 0.2) is 23.8 Å². The predicted molar refractivity (Wildman–Crippen MR) is 39.0 cm³/mol. The van der Waals surface area contributed by atoms with Crippen molar-refractivity contribution in [3.63, 3.8) is 0 Å². The van der Waals surface area contributed by atoms with Crippen molar-refractivity contribution in [3.8, 4) is 0 Å². The lowest BCUT2D eigenvalue weighted by Crippen LogP contribution is -2.26. The number of rotatable bonds is 0. The van der Waals surface area contributed by atoms with E-state index in [1.54, 1.807) is 18.2 Å². The summed E-state index contributed by atoms with van der Waals surface area (Å²) in [5.74, 6) is -1.56. The van der Waals surface area contributed by atoms with E-state index in [1.165, 1.54) is 0 Å². The normalized spacial score (nSPS) is 27.6. The van der Waals surface area contributed by atoms with E-state index in [4.69, 9.17) is 5.21 Å². The molecule has 0 spiro atoms. The van der Waals surface area contributed by atoms with Crippen LogP contribution in [0.25, 0.3) is 0 Å². The molecule has 0 aromatic rings. The zero-order valence-electron chi connectivity index (χ0n) is 6.23. The average Bonchev–Trinajstić information content (AvgIpc) is 2.33. The van der Waals surface area contributed by atoms with Crippen molar-refractivity contribution >= 4 is 11.8 Å². The monoisotopic (exact) mass is 165 g/mol. The summed E-state index contributed by atoms with van der Waals surface area (Å²) in [6, 6.07) is 0. The van der Waals surface area contributed by atoms with Crippen LogP contribution < -0.4 is 0 Å². The second-order valence-corrected chi connectivity index (χ2v) is 2.79. The molecule has 4 heteroatoms. The summed E-state index contributed by atoms with van der Waals surface area (Å²) in [5, 5.41) is 9.16. The minimum atomic E-state index is -0.589. The van der Waals surface area contributed by atoms with E-state index >= 15 is 0 Å². The van der Waals surface area contributed by atoms with Crippen molar-refractivity contribution in [3.05, 3.63) is 23.8 Å². The van der Waals surface area contributed by atoms with Gasteiger partial charge in [0.15, 0.2) is 0 Å². The molecule has 1 saturated heterocycles. The first-order valence-electron chi connectivity index (χ1n) is 3.65. The Balaban J connectivity index is 2.44. The fraction of sp³-hybridized carbons (Fsp3) is 0.250. The van der Waals surface area contributed by atoms with Crippen LogP contribution >= 0.6 is 0 Å². The van der Waals surface area contributed by atoms with E-state index in [1.807, 2.05) is 0 Å². The second-order valence-electron chi connectivity index (χ2n) is 2.79. The fourth-order valence-electron chi connectivity index (χ4n) is 1.45. The Bertz CT molecular complexity index is 316. The summed E-state index contributed by atoms with van der Waals surface area (Å²) >= 11 is 0. The van der Waals surface area contributed by atoms with Crippen molar-refractivity contribution in [1.82, 2.24) is 5.06 Å². The molecule has 1 aliphatic carbocycles. The molecule has 4 nitrogen and oxygen atoms in total. The molecule has 2 amide bonds. The van der Waals surface area contributed by atoms with Crippen LogP contribution in [0.4, 0.5) is 0 Å². The molecule has 0 radical (unpaired) electrons. The molecule has 0 aromatic heterocycles. The molecule has 62 valence electrons. The van der Waals surface area contributed by atoms with Gasteiger partial charge in [-0.15, -0.1) is 0 Å². The summed E-state index contributed by atoms with van der Waals surface area (Å²) in [6.07, 6.45) is 5.60.